The van der Waals surface area contributed by atoms with Gasteiger partial charge < -0.3 is 24.0 Å². The topological polar surface area (TPSA) is 145 Å². The summed E-state index contributed by atoms with van der Waals surface area (Å²) in [5.41, 5.74) is 1.58. The Labute approximate surface area is 289 Å². The molecule has 0 aliphatic rings. The number of nitrogens with one attached hydrogen (secondary N) is 2. The van der Waals surface area contributed by atoms with Gasteiger partial charge in [-0.2, -0.15) is 0 Å². The van der Waals surface area contributed by atoms with Gasteiger partial charge in [-0.1, -0.05) is 50.9 Å². The second-order valence-corrected chi connectivity index (χ2v) is 23.8. The first kappa shape index (κ1) is 43.6. The lowest BCUT2D eigenvalue weighted by atomic mass is 10.3. The monoisotopic (exact) mass is 834 g/mol. The molecule has 0 aliphatic heterocycles. The highest BCUT2D eigenvalue weighted by Crippen LogP contribution is 2.12. The van der Waals surface area contributed by atoms with Crippen LogP contribution in [0.2, 0.25) is 51.4 Å². The summed E-state index contributed by atoms with van der Waals surface area (Å²) in [5, 5.41) is 0. The second kappa shape index (κ2) is 22.9. The molecular formula is C27H49BrClIN6O5Si2. The molecule has 3 heterocycles. The highest BCUT2D eigenvalue weighted by molar-refractivity contribution is 14.0. The molecule has 3 aromatic rings. The van der Waals surface area contributed by atoms with Gasteiger partial charge in [0.2, 0.25) is 0 Å². The van der Waals surface area contributed by atoms with Crippen molar-refractivity contribution < 1.29 is 25.3 Å². The van der Waals surface area contributed by atoms with E-state index in [2.05, 4.69) is 80.1 Å². The molecule has 2 N–H and O–H groups in total. The summed E-state index contributed by atoms with van der Waals surface area (Å²) in [4.78, 5) is 48.8. The minimum Gasteiger partial charge on any atom is -0.366 e. The first-order valence-corrected chi connectivity index (χ1v) is 22.1. The summed E-state index contributed by atoms with van der Waals surface area (Å²) >= 11 is 8.63. The molecule has 0 unspecified atom stereocenters. The number of rotatable bonds is 12. The summed E-state index contributed by atoms with van der Waals surface area (Å²) in [5.74, 6) is -0.00320. The Kier molecular flexibility index (Phi) is 23.3. The lowest BCUT2D eigenvalue weighted by Gasteiger charge is -2.15. The van der Waals surface area contributed by atoms with Gasteiger partial charge in [0.05, 0.1) is 25.0 Å². The van der Waals surface area contributed by atoms with Gasteiger partial charge in [-0.15, -0.1) is 24.0 Å². The zero-order chi connectivity index (χ0) is 32.3. The molecule has 0 radical (unpaired) electrons. The number of ether oxygens (including phenoxy) is 2. The Hall–Kier alpha value is -1.51. The Morgan fingerprint density at radius 1 is 0.860 bits per heavy atom. The number of nitrogens with zero attached hydrogens (tertiary/aromatic N) is 4. The predicted octanol–water partition coefficient (Wildman–Crippen LogP) is 7.79. The van der Waals surface area contributed by atoms with Crippen molar-refractivity contribution in [2.45, 2.75) is 78.9 Å². The predicted molar refractivity (Wildman–Crippen MR) is 194 cm³/mol. The van der Waals surface area contributed by atoms with Gasteiger partial charge in [-0.3, -0.25) is 14.4 Å². The number of aromatic nitrogens is 6. The van der Waals surface area contributed by atoms with E-state index >= 15 is 0 Å². The number of halogens is 3. The third kappa shape index (κ3) is 23.5. The Bertz CT molecular complexity index is 1150. The average molecular weight is 836 g/mol. The molecule has 0 aliphatic carbocycles. The van der Waals surface area contributed by atoms with E-state index in [1.165, 1.54) is 51.9 Å². The number of Topliss-reactive ketones (excluding diaryl/α,β-unsaturated/α-hetero) is 3. The molecular weight excluding hydrogens is 787 g/mol. The van der Waals surface area contributed by atoms with Crippen LogP contribution in [0.1, 0.15) is 53.7 Å². The molecule has 3 aromatic heterocycles. The molecule has 11 nitrogen and oxygen atoms in total. The van der Waals surface area contributed by atoms with Crippen LogP contribution in [0.5, 0.6) is 0 Å². The standard InChI is InChI=1S/C11H19BrN2O2Si.C6H15ClOSi.2C5H6N2O.HI.H2/c1-9(15)10-7-14(11(12)13-10)8-16-5-6-17(2,3)4;1-9(2,3)5-4-8-6-7;2*1-4(8)5-2-6-3-7-5;;/h7H,5-6,8H2,1-4H3;4-6H2,1-3H3;2*2-3H,1H3,(H,6,7);2*1H. The summed E-state index contributed by atoms with van der Waals surface area (Å²) in [6.07, 6.45) is 7.68. The van der Waals surface area contributed by atoms with Gasteiger partial charge in [0.1, 0.15) is 29.9 Å². The van der Waals surface area contributed by atoms with Crippen molar-refractivity contribution in [1.82, 2.24) is 29.5 Å². The van der Waals surface area contributed by atoms with Crippen LogP contribution < -0.4 is 0 Å². The maximum absolute atomic E-state index is 11.1. The zero-order valence-electron chi connectivity index (χ0n) is 26.6. The molecule has 0 saturated heterocycles. The van der Waals surface area contributed by atoms with Crippen molar-refractivity contribution in [1.29, 1.82) is 0 Å². The molecule has 0 aromatic carbocycles. The van der Waals surface area contributed by atoms with Crippen LogP contribution in [-0.4, -0.2) is 82.3 Å². The number of hydrogen-bond donors (Lipinski definition) is 2. The quantitative estimate of drug-likeness (QED) is 0.0619. The molecule has 0 spiro atoms. The average Bonchev–Trinajstić information content (AvgIpc) is 3.65. The summed E-state index contributed by atoms with van der Waals surface area (Å²) in [6, 6.07) is 2.68. The van der Waals surface area contributed by atoms with Gasteiger partial charge in [-0.05, 0) is 28.0 Å². The van der Waals surface area contributed by atoms with Gasteiger partial charge >= 0.3 is 0 Å². The minimum atomic E-state index is -1.04. The van der Waals surface area contributed by atoms with E-state index in [1.54, 1.807) is 10.8 Å². The van der Waals surface area contributed by atoms with Crippen LogP contribution in [-0.2, 0) is 16.2 Å². The number of aromatic amines is 2. The lowest BCUT2D eigenvalue weighted by Crippen LogP contribution is -2.22. The third-order valence-electron chi connectivity index (χ3n) is 5.14. The number of H-pyrrole nitrogens is 2. The Balaban J connectivity index is -0.000000534. The summed E-state index contributed by atoms with van der Waals surface area (Å²) in [6.45, 7) is 20.4. The number of alkyl halides is 1. The number of carbonyl (C=O) groups excluding carboxylic acids is 3. The maximum atomic E-state index is 11.1. The fraction of sp³-hybridized carbons (Fsp3) is 0.556. The van der Waals surface area contributed by atoms with Crippen molar-refractivity contribution >= 4 is 85.0 Å². The Morgan fingerprint density at radius 3 is 1.58 bits per heavy atom. The van der Waals surface area contributed by atoms with Crippen molar-refractivity contribution in [2.24, 2.45) is 0 Å². The summed E-state index contributed by atoms with van der Waals surface area (Å²) in [7, 11) is -1.92. The number of imidazole rings is 3. The van der Waals surface area contributed by atoms with Gasteiger partial charge in [0.25, 0.3) is 0 Å². The van der Waals surface area contributed by atoms with Gasteiger partial charge in [0.15, 0.2) is 22.1 Å². The SMILES string of the molecule is CC(=O)c1cn(COCC[Si](C)(C)C)c(Br)n1.CC(=O)c1cnc[nH]1.CC(=O)c1cnc[nH]1.C[Si](C)(C)CCOCCl.I.[HH]. The third-order valence-corrected chi connectivity index (χ3v) is 9.34. The number of hydrogen-bond acceptors (Lipinski definition) is 8. The largest absolute Gasteiger partial charge is 0.366 e. The van der Waals surface area contributed by atoms with Crippen molar-refractivity contribution in [3.8, 4) is 0 Å². The fourth-order valence-corrected chi connectivity index (χ4v) is 4.54. The van der Waals surface area contributed by atoms with Gasteiger partial charge in [0, 0.05) is 57.8 Å². The van der Waals surface area contributed by atoms with Crippen molar-refractivity contribution in [3.05, 3.63) is 53.1 Å². The van der Waals surface area contributed by atoms with E-state index in [0.717, 1.165) is 19.3 Å². The van der Waals surface area contributed by atoms with Crippen LogP contribution in [0.4, 0.5) is 0 Å². The van der Waals surface area contributed by atoms with E-state index in [1.807, 2.05) is 0 Å². The van der Waals surface area contributed by atoms with Crippen molar-refractivity contribution in [2.75, 3.05) is 19.3 Å². The number of carbonyl (C=O) groups is 3. The molecule has 0 bridgehead atoms. The minimum absolute atomic E-state index is 0. The molecule has 0 atom stereocenters. The van der Waals surface area contributed by atoms with Gasteiger partial charge in [-0.25, -0.2) is 15.0 Å². The Morgan fingerprint density at radius 2 is 1.30 bits per heavy atom. The molecule has 246 valence electrons. The highest BCUT2D eigenvalue weighted by Gasteiger charge is 2.13. The molecule has 16 heteroatoms. The van der Waals surface area contributed by atoms with Crippen LogP contribution in [0.15, 0.2) is 36.0 Å². The van der Waals surface area contributed by atoms with E-state index in [-0.39, 0.29) is 42.8 Å². The first-order chi connectivity index (χ1) is 19.5. The highest BCUT2D eigenvalue weighted by atomic mass is 127. The van der Waals surface area contributed by atoms with Crippen LogP contribution >= 0.6 is 51.5 Å². The van der Waals surface area contributed by atoms with Crippen molar-refractivity contribution in [3.63, 3.8) is 0 Å². The normalized spacial score (nSPS) is 10.6. The number of ketones is 3. The zero-order valence-corrected chi connectivity index (χ0v) is 33.3. The van der Waals surface area contributed by atoms with E-state index in [9.17, 15) is 14.4 Å². The van der Waals surface area contributed by atoms with E-state index in [0.29, 0.717) is 34.6 Å². The van der Waals surface area contributed by atoms with Crippen LogP contribution in [0.3, 0.4) is 0 Å². The maximum Gasteiger partial charge on any atom is 0.179 e. The molecule has 0 fully saturated rings. The second-order valence-electron chi connectivity index (χ2n) is 11.6. The first-order valence-electron chi connectivity index (χ1n) is 13.4. The van der Waals surface area contributed by atoms with Crippen LogP contribution in [0, 0.1) is 0 Å². The summed E-state index contributed by atoms with van der Waals surface area (Å²) < 4.78 is 13.0. The molecule has 0 amide bonds. The molecule has 3 rings (SSSR count). The van der Waals surface area contributed by atoms with E-state index < -0.39 is 16.1 Å². The smallest absolute Gasteiger partial charge is 0.179 e. The molecule has 0 saturated carbocycles. The fourth-order valence-electron chi connectivity index (χ4n) is 2.52. The van der Waals surface area contributed by atoms with Crippen LogP contribution in [0.25, 0.3) is 0 Å². The van der Waals surface area contributed by atoms with E-state index in [4.69, 9.17) is 21.1 Å². The molecule has 43 heavy (non-hydrogen) atoms. The lowest BCUT2D eigenvalue weighted by molar-refractivity contribution is 0.0855.